The molecule has 0 saturated heterocycles. The third-order valence-electron chi connectivity index (χ3n) is 3.36. The second-order valence-electron chi connectivity index (χ2n) is 5.93. The molecule has 7 nitrogen and oxygen atoms in total. The third kappa shape index (κ3) is 6.48. The maximum atomic E-state index is 13.0. The number of aryl methyl sites for hydroxylation is 1. The minimum Gasteiger partial charge on any atom is -0.375 e. The van der Waals surface area contributed by atoms with Crippen molar-refractivity contribution in [3.05, 3.63) is 41.2 Å². The first kappa shape index (κ1) is 20.6. The molecule has 1 amide bonds. The van der Waals surface area contributed by atoms with Crippen LogP contribution in [-0.2, 0) is 22.3 Å². The van der Waals surface area contributed by atoms with Gasteiger partial charge in [0.1, 0.15) is 5.82 Å². The summed E-state index contributed by atoms with van der Waals surface area (Å²) < 4.78 is 44.3. The highest BCUT2D eigenvalue weighted by atomic mass is 19.4. The molecule has 0 radical (unpaired) electrons. The number of hydrogen-bond acceptors (Lipinski definition) is 6. The SMILES string of the molecule is CC(=O)Nc1nc(C)nc(NC(C)COCc2ccccc2C(F)(F)F)n1. The smallest absolute Gasteiger partial charge is 0.375 e. The van der Waals surface area contributed by atoms with Crippen LogP contribution in [0.5, 0.6) is 0 Å². The van der Waals surface area contributed by atoms with Crippen LogP contribution in [-0.4, -0.2) is 33.5 Å². The van der Waals surface area contributed by atoms with Crippen molar-refractivity contribution in [1.82, 2.24) is 15.0 Å². The number of rotatable bonds is 7. The van der Waals surface area contributed by atoms with Crippen molar-refractivity contribution in [3.63, 3.8) is 0 Å². The van der Waals surface area contributed by atoms with E-state index in [0.29, 0.717) is 5.82 Å². The van der Waals surface area contributed by atoms with E-state index in [4.69, 9.17) is 4.74 Å². The molecule has 0 fully saturated rings. The van der Waals surface area contributed by atoms with Gasteiger partial charge in [-0.3, -0.25) is 10.1 Å². The number of benzene rings is 1. The molecule has 0 aliphatic rings. The monoisotopic (exact) mass is 383 g/mol. The van der Waals surface area contributed by atoms with Gasteiger partial charge in [-0.2, -0.15) is 28.1 Å². The van der Waals surface area contributed by atoms with Gasteiger partial charge < -0.3 is 10.1 Å². The fraction of sp³-hybridized carbons (Fsp3) is 0.412. The summed E-state index contributed by atoms with van der Waals surface area (Å²) in [4.78, 5) is 23.2. The quantitative estimate of drug-likeness (QED) is 0.763. The molecule has 0 saturated carbocycles. The number of amides is 1. The second-order valence-corrected chi connectivity index (χ2v) is 5.93. The summed E-state index contributed by atoms with van der Waals surface area (Å²) in [5, 5.41) is 5.43. The van der Waals surface area contributed by atoms with Crippen molar-refractivity contribution in [2.24, 2.45) is 0 Å². The fourth-order valence-electron chi connectivity index (χ4n) is 2.29. The van der Waals surface area contributed by atoms with E-state index in [1.165, 1.54) is 25.1 Å². The van der Waals surface area contributed by atoms with Crippen molar-refractivity contribution >= 4 is 17.8 Å². The first-order valence-corrected chi connectivity index (χ1v) is 8.15. The van der Waals surface area contributed by atoms with E-state index >= 15 is 0 Å². The minimum absolute atomic E-state index is 0.0705. The molecule has 1 aromatic heterocycles. The van der Waals surface area contributed by atoms with Crippen molar-refractivity contribution in [2.75, 3.05) is 17.2 Å². The van der Waals surface area contributed by atoms with Crippen LogP contribution in [0.3, 0.4) is 0 Å². The van der Waals surface area contributed by atoms with E-state index in [0.717, 1.165) is 6.07 Å². The molecule has 1 atom stereocenters. The van der Waals surface area contributed by atoms with E-state index < -0.39 is 11.7 Å². The molecule has 10 heteroatoms. The van der Waals surface area contributed by atoms with Gasteiger partial charge in [0, 0.05) is 13.0 Å². The lowest BCUT2D eigenvalue weighted by molar-refractivity contribution is -0.138. The summed E-state index contributed by atoms with van der Waals surface area (Å²) in [7, 11) is 0. The highest BCUT2D eigenvalue weighted by Gasteiger charge is 2.32. The van der Waals surface area contributed by atoms with Gasteiger partial charge in [0.15, 0.2) is 0 Å². The molecule has 2 N–H and O–H groups in total. The number of ether oxygens (including phenoxy) is 1. The molecule has 2 rings (SSSR count). The van der Waals surface area contributed by atoms with Crippen LogP contribution in [0.25, 0.3) is 0 Å². The number of nitrogens with one attached hydrogen (secondary N) is 2. The van der Waals surface area contributed by atoms with E-state index in [2.05, 4.69) is 25.6 Å². The van der Waals surface area contributed by atoms with Crippen molar-refractivity contribution in [2.45, 2.75) is 39.6 Å². The highest BCUT2D eigenvalue weighted by molar-refractivity contribution is 5.86. The number of aromatic nitrogens is 3. The van der Waals surface area contributed by atoms with Crippen LogP contribution in [0.4, 0.5) is 25.1 Å². The maximum Gasteiger partial charge on any atom is 0.416 e. The number of carbonyl (C=O) groups is 1. The summed E-state index contributed by atoms with van der Waals surface area (Å²) >= 11 is 0. The summed E-state index contributed by atoms with van der Waals surface area (Å²) in [6.07, 6.45) is -4.42. The van der Waals surface area contributed by atoms with Gasteiger partial charge in [-0.1, -0.05) is 18.2 Å². The lowest BCUT2D eigenvalue weighted by Gasteiger charge is -2.16. The zero-order valence-corrected chi connectivity index (χ0v) is 15.1. The normalized spacial score (nSPS) is 12.5. The van der Waals surface area contributed by atoms with Crippen molar-refractivity contribution in [1.29, 1.82) is 0 Å². The first-order valence-electron chi connectivity index (χ1n) is 8.15. The van der Waals surface area contributed by atoms with E-state index in [1.807, 2.05) is 0 Å². The molecule has 2 aromatic rings. The van der Waals surface area contributed by atoms with Gasteiger partial charge in [0.05, 0.1) is 18.8 Å². The Morgan fingerprint density at radius 3 is 2.52 bits per heavy atom. The Morgan fingerprint density at radius 2 is 1.85 bits per heavy atom. The van der Waals surface area contributed by atoms with E-state index in [1.54, 1.807) is 13.8 Å². The fourth-order valence-corrected chi connectivity index (χ4v) is 2.29. The van der Waals surface area contributed by atoms with Gasteiger partial charge in [0.25, 0.3) is 0 Å². The van der Waals surface area contributed by atoms with Gasteiger partial charge in [0.2, 0.25) is 17.8 Å². The molecule has 0 bridgehead atoms. The number of hydrogen-bond donors (Lipinski definition) is 2. The molecule has 0 aliphatic carbocycles. The summed E-state index contributed by atoms with van der Waals surface area (Å²) in [5.74, 6) is 0.442. The number of alkyl halides is 3. The predicted molar refractivity (Wildman–Crippen MR) is 93.1 cm³/mol. The molecule has 0 aliphatic heterocycles. The number of anilines is 2. The third-order valence-corrected chi connectivity index (χ3v) is 3.36. The molecule has 27 heavy (non-hydrogen) atoms. The Kier molecular flexibility index (Phi) is 6.67. The molecule has 0 spiro atoms. The van der Waals surface area contributed by atoms with Crippen LogP contribution in [0.2, 0.25) is 0 Å². The van der Waals surface area contributed by atoms with Gasteiger partial charge in [-0.15, -0.1) is 0 Å². The lowest BCUT2D eigenvalue weighted by atomic mass is 10.1. The van der Waals surface area contributed by atoms with Gasteiger partial charge >= 0.3 is 6.18 Å². The first-order chi connectivity index (χ1) is 12.6. The molecular weight excluding hydrogens is 363 g/mol. The van der Waals surface area contributed by atoms with Crippen LogP contribution in [0, 0.1) is 6.92 Å². The predicted octanol–water partition coefficient (Wildman–Crippen LogP) is 3.17. The zero-order valence-electron chi connectivity index (χ0n) is 15.1. The molecule has 1 aromatic carbocycles. The number of halogens is 3. The second kappa shape index (κ2) is 8.76. The number of nitrogens with zero attached hydrogens (tertiary/aromatic N) is 3. The van der Waals surface area contributed by atoms with Crippen LogP contribution in [0.1, 0.15) is 30.8 Å². The number of carbonyl (C=O) groups excluding carboxylic acids is 1. The lowest BCUT2D eigenvalue weighted by Crippen LogP contribution is -2.24. The van der Waals surface area contributed by atoms with Crippen LogP contribution in [0.15, 0.2) is 24.3 Å². The summed E-state index contributed by atoms with van der Waals surface area (Å²) in [6.45, 7) is 4.71. The highest BCUT2D eigenvalue weighted by Crippen LogP contribution is 2.32. The van der Waals surface area contributed by atoms with Crippen molar-refractivity contribution < 1.29 is 22.7 Å². The average molecular weight is 383 g/mol. The van der Waals surface area contributed by atoms with Gasteiger partial charge in [-0.05, 0) is 25.5 Å². The Balaban J connectivity index is 1.93. The Morgan fingerprint density at radius 1 is 1.19 bits per heavy atom. The standard InChI is InChI=1S/C17H20F3N5O2/c1-10(21-15-22-11(2)23-16(25-15)24-12(3)26)8-27-9-13-6-4-5-7-14(13)17(18,19)20/h4-7,10H,8-9H2,1-3H3,(H2,21,22,23,24,25,26). The minimum atomic E-state index is -4.42. The largest absolute Gasteiger partial charge is 0.416 e. The molecule has 1 heterocycles. The maximum absolute atomic E-state index is 13.0. The average Bonchev–Trinajstić information content (AvgIpc) is 2.53. The summed E-state index contributed by atoms with van der Waals surface area (Å²) in [5.41, 5.74) is -0.639. The van der Waals surface area contributed by atoms with Crippen molar-refractivity contribution in [3.8, 4) is 0 Å². The Hall–Kier alpha value is -2.75. The summed E-state index contributed by atoms with van der Waals surface area (Å²) in [6, 6.07) is 5.00. The molecule has 1 unspecified atom stereocenters. The van der Waals surface area contributed by atoms with E-state index in [9.17, 15) is 18.0 Å². The Bertz CT molecular complexity index is 798. The van der Waals surface area contributed by atoms with Gasteiger partial charge in [-0.25, -0.2) is 0 Å². The van der Waals surface area contributed by atoms with E-state index in [-0.39, 0.29) is 42.6 Å². The Labute approximate surface area is 154 Å². The van der Waals surface area contributed by atoms with Crippen LogP contribution < -0.4 is 10.6 Å². The zero-order chi connectivity index (χ0) is 20.0. The molecular formula is C17H20F3N5O2. The molecule has 146 valence electrons. The van der Waals surface area contributed by atoms with Crippen LogP contribution >= 0.6 is 0 Å². The topological polar surface area (TPSA) is 89.0 Å².